The van der Waals surface area contributed by atoms with E-state index < -0.39 is 6.10 Å². The summed E-state index contributed by atoms with van der Waals surface area (Å²) >= 11 is 6.19. The second-order valence-corrected chi connectivity index (χ2v) is 9.70. The van der Waals surface area contributed by atoms with E-state index in [1.807, 2.05) is 36.4 Å². The first kappa shape index (κ1) is 26.2. The fourth-order valence-electron chi connectivity index (χ4n) is 4.87. The standard InChI is InChI=1S/C30H34ClNO4/c1-2-35-30(34)21-36-28-15-14-23-10-7-13-27(17-25(23)18-28)32(19-22-8-4-3-5-9-22)20-29(33)24-11-6-12-26(31)16-24/h3-6,8-9,11-12,14-16,18,27,29,33H,2,7,10,13,17,19-21H2,1H3/t27-,29-/m0/s1. The Labute approximate surface area is 218 Å². The number of carbonyl (C=O) groups is 1. The lowest BCUT2D eigenvalue weighted by Crippen LogP contribution is -2.39. The first-order valence-electron chi connectivity index (χ1n) is 12.6. The van der Waals surface area contributed by atoms with Crippen LogP contribution < -0.4 is 4.74 Å². The molecule has 190 valence electrons. The number of esters is 1. The van der Waals surface area contributed by atoms with Crippen LogP contribution in [0.15, 0.2) is 72.8 Å². The normalized spacial score (nSPS) is 16.2. The molecule has 0 unspecified atom stereocenters. The summed E-state index contributed by atoms with van der Waals surface area (Å²) in [5, 5.41) is 11.8. The van der Waals surface area contributed by atoms with Crippen LogP contribution in [0.4, 0.5) is 0 Å². The third-order valence-electron chi connectivity index (χ3n) is 6.66. The fraction of sp³-hybridized carbons (Fsp3) is 0.367. The number of benzene rings is 3. The van der Waals surface area contributed by atoms with Gasteiger partial charge in [0.15, 0.2) is 6.61 Å². The van der Waals surface area contributed by atoms with Crippen molar-refractivity contribution in [2.75, 3.05) is 19.8 Å². The second-order valence-electron chi connectivity index (χ2n) is 9.26. The van der Waals surface area contributed by atoms with E-state index in [1.165, 1.54) is 16.7 Å². The number of aryl methyl sites for hydroxylation is 1. The zero-order valence-corrected chi connectivity index (χ0v) is 21.5. The van der Waals surface area contributed by atoms with Gasteiger partial charge in [0, 0.05) is 24.2 Å². The highest BCUT2D eigenvalue weighted by Gasteiger charge is 2.26. The monoisotopic (exact) mass is 507 g/mol. The lowest BCUT2D eigenvalue weighted by molar-refractivity contribution is -0.145. The third kappa shape index (κ3) is 7.33. The van der Waals surface area contributed by atoms with Gasteiger partial charge in [0.25, 0.3) is 0 Å². The summed E-state index contributed by atoms with van der Waals surface area (Å²) in [5.74, 6) is 0.311. The predicted octanol–water partition coefficient (Wildman–Crippen LogP) is 5.77. The zero-order valence-electron chi connectivity index (χ0n) is 20.7. The Hall–Kier alpha value is -2.86. The number of fused-ring (bicyclic) bond motifs is 1. The summed E-state index contributed by atoms with van der Waals surface area (Å²) in [6, 6.07) is 24.2. The predicted molar refractivity (Wildman–Crippen MR) is 142 cm³/mol. The Morgan fingerprint density at radius 1 is 1.08 bits per heavy atom. The molecule has 1 aliphatic carbocycles. The first-order chi connectivity index (χ1) is 17.5. The molecule has 0 fully saturated rings. The van der Waals surface area contributed by atoms with Crippen molar-refractivity contribution in [3.8, 4) is 5.75 Å². The number of hydrogen-bond donors (Lipinski definition) is 1. The largest absolute Gasteiger partial charge is 0.482 e. The molecule has 1 N–H and O–H groups in total. The van der Waals surface area contributed by atoms with Gasteiger partial charge >= 0.3 is 5.97 Å². The summed E-state index contributed by atoms with van der Waals surface area (Å²) in [5.41, 5.74) is 4.58. The van der Waals surface area contributed by atoms with Crippen LogP contribution in [0.3, 0.4) is 0 Å². The highest BCUT2D eigenvalue weighted by molar-refractivity contribution is 6.30. The zero-order chi connectivity index (χ0) is 25.3. The topological polar surface area (TPSA) is 59.0 Å². The maximum atomic E-state index is 11.7. The first-order valence-corrected chi connectivity index (χ1v) is 13.0. The molecular weight excluding hydrogens is 474 g/mol. The molecule has 4 rings (SSSR count). The Morgan fingerprint density at radius 3 is 2.69 bits per heavy atom. The smallest absolute Gasteiger partial charge is 0.344 e. The molecule has 0 aromatic heterocycles. The Balaban J connectivity index is 1.54. The van der Waals surface area contributed by atoms with Crippen LogP contribution in [-0.4, -0.2) is 41.8 Å². The molecule has 2 atom stereocenters. The molecule has 1 aliphatic rings. The van der Waals surface area contributed by atoms with Gasteiger partial charge < -0.3 is 14.6 Å². The van der Waals surface area contributed by atoms with Crippen molar-refractivity contribution in [2.24, 2.45) is 0 Å². The van der Waals surface area contributed by atoms with Crippen LogP contribution in [0.1, 0.15) is 48.1 Å². The Morgan fingerprint density at radius 2 is 1.92 bits per heavy atom. The molecule has 3 aromatic carbocycles. The molecule has 3 aromatic rings. The minimum atomic E-state index is -0.644. The summed E-state index contributed by atoms with van der Waals surface area (Å²) in [4.78, 5) is 14.1. The van der Waals surface area contributed by atoms with Crippen molar-refractivity contribution in [1.29, 1.82) is 0 Å². The fourth-order valence-corrected chi connectivity index (χ4v) is 5.07. The number of aliphatic hydroxyl groups excluding tert-OH is 1. The van der Waals surface area contributed by atoms with E-state index in [0.717, 1.165) is 37.8 Å². The molecule has 36 heavy (non-hydrogen) atoms. The molecule has 0 bridgehead atoms. The van der Waals surface area contributed by atoms with Gasteiger partial charge in [0.05, 0.1) is 12.7 Å². The van der Waals surface area contributed by atoms with Crippen molar-refractivity contribution >= 4 is 17.6 Å². The van der Waals surface area contributed by atoms with Crippen LogP contribution in [0.25, 0.3) is 0 Å². The van der Waals surface area contributed by atoms with Crippen molar-refractivity contribution in [2.45, 2.75) is 51.3 Å². The number of halogens is 1. The average molecular weight is 508 g/mol. The van der Waals surface area contributed by atoms with Gasteiger partial charge in [-0.05, 0) is 79.1 Å². The maximum Gasteiger partial charge on any atom is 0.344 e. The molecule has 0 amide bonds. The van der Waals surface area contributed by atoms with Crippen LogP contribution in [0, 0.1) is 0 Å². The third-order valence-corrected chi connectivity index (χ3v) is 6.90. The minimum absolute atomic E-state index is 0.0952. The Kier molecular flexibility index (Phi) is 9.40. The van der Waals surface area contributed by atoms with Crippen molar-refractivity contribution in [3.63, 3.8) is 0 Å². The van der Waals surface area contributed by atoms with Gasteiger partial charge in [-0.2, -0.15) is 0 Å². The molecule has 0 saturated heterocycles. The SMILES string of the molecule is CCOC(=O)COc1ccc2c(c1)C[C@@H](N(Cc1ccccc1)C[C@H](O)c1cccc(Cl)c1)CCC2. The molecular formula is C30H34ClNO4. The van der Waals surface area contributed by atoms with Gasteiger partial charge in [0.2, 0.25) is 0 Å². The second kappa shape index (κ2) is 12.9. The molecule has 0 spiro atoms. The van der Waals surface area contributed by atoms with E-state index in [1.54, 1.807) is 6.92 Å². The van der Waals surface area contributed by atoms with Crippen LogP contribution in [0.2, 0.25) is 5.02 Å². The molecule has 5 nitrogen and oxygen atoms in total. The van der Waals surface area contributed by atoms with E-state index in [9.17, 15) is 9.90 Å². The molecule has 0 aliphatic heterocycles. The van der Waals surface area contributed by atoms with Gasteiger partial charge in [-0.15, -0.1) is 0 Å². The molecule has 6 heteroatoms. The number of ether oxygens (including phenoxy) is 2. The number of hydrogen-bond acceptors (Lipinski definition) is 5. The van der Waals surface area contributed by atoms with Gasteiger partial charge in [-0.3, -0.25) is 4.90 Å². The quantitative estimate of drug-likeness (QED) is 0.279. The summed E-state index contributed by atoms with van der Waals surface area (Å²) in [7, 11) is 0. The number of aliphatic hydroxyl groups is 1. The number of rotatable bonds is 10. The summed E-state index contributed by atoms with van der Waals surface area (Å²) in [6.45, 7) is 3.28. The van der Waals surface area contributed by atoms with E-state index in [4.69, 9.17) is 21.1 Å². The van der Waals surface area contributed by atoms with Gasteiger partial charge in [-0.1, -0.05) is 60.1 Å². The van der Waals surface area contributed by atoms with E-state index >= 15 is 0 Å². The summed E-state index contributed by atoms with van der Waals surface area (Å²) in [6.07, 6.45) is 3.30. The highest BCUT2D eigenvalue weighted by Crippen LogP contribution is 2.29. The van der Waals surface area contributed by atoms with Crippen LogP contribution in [0.5, 0.6) is 5.75 Å². The molecule has 0 heterocycles. The minimum Gasteiger partial charge on any atom is -0.482 e. The highest BCUT2D eigenvalue weighted by atomic mass is 35.5. The molecule has 0 saturated carbocycles. The van der Waals surface area contributed by atoms with Crippen molar-refractivity contribution in [3.05, 3.63) is 100 Å². The number of nitrogens with zero attached hydrogens (tertiary/aromatic N) is 1. The van der Waals surface area contributed by atoms with Crippen LogP contribution >= 0.6 is 11.6 Å². The van der Waals surface area contributed by atoms with E-state index in [-0.39, 0.29) is 18.6 Å². The lowest BCUT2D eigenvalue weighted by atomic mass is 9.99. The van der Waals surface area contributed by atoms with Crippen LogP contribution in [-0.2, 0) is 28.9 Å². The summed E-state index contributed by atoms with van der Waals surface area (Å²) < 4.78 is 10.7. The maximum absolute atomic E-state index is 11.7. The lowest BCUT2D eigenvalue weighted by Gasteiger charge is -2.33. The van der Waals surface area contributed by atoms with Crippen molar-refractivity contribution in [1.82, 2.24) is 4.90 Å². The molecule has 0 radical (unpaired) electrons. The van der Waals surface area contributed by atoms with E-state index in [2.05, 4.69) is 41.3 Å². The number of carbonyl (C=O) groups excluding carboxylic acids is 1. The Bertz CT molecular complexity index is 1140. The van der Waals surface area contributed by atoms with Gasteiger partial charge in [-0.25, -0.2) is 4.79 Å². The van der Waals surface area contributed by atoms with Gasteiger partial charge in [0.1, 0.15) is 5.75 Å². The van der Waals surface area contributed by atoms with Crippen molar-refractivity contribution < 1.29 is 19.4 Å². The average Bonchev–Trinajstić information content (AvgIpc) is 3.10. The van der Waals surface area contributed by atoms with E-state index in [0.29, 0.717) is 23.9 Å².